The van der Waals surface area contributed by atoms with Crippen LogP contribution < -0.4 is 10.1 Å². The van der Waals surface area contributed by atoms with E-state index in [1.165, 1.54) is 5.56 Å². The molecule has 0 bridgehead atoms. The van der Waals surface area contributed by atoms with Crippen molar-refractivity contribution in [1.29, 1.82) is 0 Å². The minimum absolute atomic E-state index is 0.572. The van der Waals surface area contributed by atoms with Gasteiger partial charge in [0.1, 0.15) is 5.75 Å². The third kappa shape index (κ3) is 3.70. The molecule has 0 atom stereocenters. The van der Waals surface area contributed by atoms with Gasteiger partial charge in [-0.1, -0.05) is 24.6 Å². The maximum Gasteiger partial charge on any atom is 0.226 e. The Bertz CT molecular complexity index is 596. The fourth-order valence-electron chi connectivity index (χ4n) is 1.93. The van der Waals surface area contributed by atoms with Crippen molar-refractivity contribution in [2.45, 2.75) is 34.1 Å². The second-order valence-corrected chi connectivity index (χ2v) is 4.97. The Morgan fingerprint density at radius 1 is 1.10 bits per heavy atom. The Morgan fingerprint density at radius 3 is 2.60 bits per heavy atom. The van der Waals surface area contributed by atoms with Crippen molar-refractivity contribution in [2.24, 2.45) is 0 Å². The molecule has 20 heavy (non-hydrogen) atoms. The molecule has 0 aliphatic heterocycles. The topological polar surface area (TPSA) is 47.0 Å². The average Bonchev–Trinajstić information content (AvgIpc) is 2.39. The highest BCUT2D eigenvalue weighted by Gasteiger charge is 2.06. The van der Waals surface area contributed by atoms with Gasteiger partial charge in [0.05, 0.1) is 0 Å². The highest BCUT2D eigenvalue weighted by Crippen LogP contribution is 2.25. The summed E-state index contributed by atoms with van der Waals surface area (Å²) in [5.74, 6) is 2.02. The third-order valence-electron chi connectivity index (χ3n) is 2.91. The van der Waals surface area contributed by atoms with Crippen LogP contribution in [0.5, 0.6) is 11.6 Å². The number of anilines is 1. The van der Waals surface area contributed by atoms with E-state index in [-0.39, 0.29) is 0 Å². The number of nitrogens with one attached hydrogen (secondary N) is 1. The molecule has 4 nitrogen and oxygen atoms in total. The maximum absolute atomic E-state index is 5.87. The van der Waals surface area contributed by atoms with E-state index in [2.05, 4.69) is 35.2 Å². The van der Waals surface area contributed by atoms with Gasteiger partial charge in [-0.3, -0.25) is 0 Å². The number of ether oxygens (including phenoxy) is 1. The Balaban J connectivity index is 2.21. The van der Waals surface area contributed by atoms with Crippen LogP contribution in [0.15, 0.2) is 24.3 Å². The molecule has 0 aliphatic carbocycles. The zero-order valence-electron chi connectivity index (χ0n) is 12.5. The number of aromatic nitrogens is 2. The maximum atomic E-state index is 5.87. The van der Waals surface area contributed by atoms with Crippen molar-refractivity contribution in [1.82, 2.24) is 9.97 Å². The zero-order valence-corrected chi connectivity index (χ0v) is 12.5. The van der Waals surface area contributed by atoms with Gasteiger partial charge in [-0.25, -0.2) is 4.98 Å². The first-order valence-electron chi connectivity index (χ1n) is 6.93. The molecule has 0 fully saturated rings. The van der Waals surface area contributed by atoms with Gasteiger partial charge in [0, 0.05) is 18.3 Å². The van der Waals surface area contributed by atoms with Crippen molar-refractivity contribution in [3.05, 3.63) is 41.1 Å². The summed E-state index contributed by atoms with van der Waals surface area (Å²) in [4.78, 5) is 8.73. The van der Waals surface area contributed by atoms with Crippen molar-refractivity contribution in [3.8, 4) is 11.6 Å². The first-order valence-corrected chi connectivity index (χ1v) is 6.93. The van der Waals surface area contributed by atoms with Crippen molar-refractivity contribution < 1.29 is 4.74 Å². The molecule has 0 saturated carbocycles. The average molecular weight is 271 g/mol. The Labute approximate surface area is 120 Å². The zero-order chi connectivity index (χ0) is 14.5. The van der Waals surface area contributed by atoms with Crippen LogP contribution in [0.25, 0.3) is 0 Å². The molecule has 1 heterocycles. The molecule has 1 aromatic carbocycles. The molecular weight excluding hydrogens is 250 g/mol. The van der Waals surface area contributed by atoms with Crippen LogP contribution in [0.4, 0.5) is 5.95 Å². The second-order valence-electron chi connectivity index (χ2n) is 4.97. The summed E-state index contributed by atoms with van der Waals surface area (Å²) in [5, 5.41) is 3.18. The minimum atomic E-state index is 0.572. The molecule has 0 radical (unpaired) electrons. The fourth-order valence-corrected chi connectivity index (χ4v) is 1.93. The third-order valence-corrected chi connectivity index (χ3v) is 2.91. The van der Waals surface area contributed by atoms with E-state index in [0.29, 0.717) is 11.8 Å². The molecular formula is C16H21N3O. The SMILES string of the molecule is CCCNc1nc(C)cc(Oc2ccc(C)cc2C)n1. The summed E-state index contributed by atoms with van der Waals surface area (Å²) in [5.41, 5.74) is 3.21. The van der Waals surface area contributed by atoms with E-state index in [0.717, 1.165) is 30.0 Å². The van der Waals surface area contributed by atoms with Gasteiger partial charge in [0.2, 0.25) is 11.8 Å². The van der Waals surface area contributed by atoms with Crippen molar-refractivity contribution in [2.75, 3.05) is 11.9 Å². The number of hydrogen-bond acceptors (Lipinski definition) is 4. The van der Waals surface area contributed by atoms with Crippen molar-refractivity contribution in [3.63, 3.8) is 0 Å². The van der Waals surface area contributed by atoms with Gasteiger partial charge in [-0.05, 0) is 38.8 Å². The predicted molar refractivity (Wildman–Crippen MR) is 81.5 cm³/mol. The fraction of sp³-hybridized carbons (Fsp3) is 0.375. The number of nitrogens with zero attached hydrogens (tertiary/aromatic N) is 2. The van der Waals surface area contributed by atoms with Crippen LogP contribution in [-0.4, -0.2) is 16.5 Å². The quantitative estimate of drug-likeness (QED) is 0.892. The van der Waals surface area contributed by atoms with Gasteiger partial charge in [0.25, 0.3) is 0 Å². The summed E-state index contributed by atoms with van der Waals surface area (Å²) in [6.07, 6.45) is 1.03. The predicted octanol–water partition coefficient (Wildman–Crippen LogP) is 4.02. The number of aryl methyl sites for hydroxylation is 3. The van der Waals surface area contributed by atoms with Crippen LogP contribution in [0, 0.1) is 20.8 Å². The van der Waals surface area contributed by atoms with Crippen LogP contribution in [0.1, 0.15) is 30.2 Å². The van der Waals surface area contributed by atoms with Crippen LogP contribution in [0.2, 0.25) is 0 Å². The standard InChI is InChI=1S/C16H21N3O/c1-5-8-17-16-18-13(4)10-15(19-16)20-14-7-6-11(2)9-12(14)3/h6-7,9-10H,5,8H2,1-4H3,(H,17,18,19). The molecule has 0 unspecified atom stereocenters. The van der Waals surface area contributed by atoms with Gasteiger partial charge in [-0.15, -0.1) is 0 Å². The smallest absolute Gasteiger partial charge is 0.226 e. The lowest BCUT2D eigenvalue weighted by atomic mass is 10.1. The number of rotatable bonds is 5. The monoisotopic (exact) mass is 271 g/mol. The lowest BCUT2D eigenvalue weighted by molar-refractivity contribution is 0.458. The second kappa shape index (κ2) is 6.37. The van der Waals surface area contributed by atoms with Crippen LogP contribution in [0.3, 0.4) is 0 Å². The summed E-state index contributed by atoms with van der Waals surface area (Å²) in [7, 11) is 0. The van der Waals surface area contributed by atoms with Gasteiger partial charge >= 0.3 is 0 Å². The summed E-state index contributed by atoms with van der Waals surface area (Å²) < 4.78 is 5.87. The van der Waals surface area contributed by atoms with Crippen LogP contribution in [-0.2, 0) is 0 Å². The molecule has 2 aromatic rings. The molecule has 1 aromatic heterocycles. The van der Waals surface area contributed by atoms with Gasteiger partial charge in [0.15, 0.2) is 0 Å². The lowest BCUT2D eigenvalue weighted by Crippen LogP contribution is -2.05. The molecule has 106 valence electrons. The Hall–Kier alpha value is -2.10. The Kier molecular flexibility index (Phi) is 4.56. The van der Waals surface area contributed by atoms with E-state index >= 15 is 0 Å². The van der Waals surface area contributed by atoms with E-state index < -0.39 is 0 Å². The first-order chi connectivity index (χ1) is 9.58. The Morgan fingerprint density at radius 2 is 1.90 bits per heavy atom. The van der Waals surface area contributed by atoms with Crippen LogP contribution >= 0.6 is 0 Å². The molecule has 0 aliphatic rings. The first kappa shape index (κ1) is 14.3. The molecule has 4 heteroatoms. The van der Waals surface area contributed by atoms with E-state index in [1.807, 2.05) is 32.0 Å². The van der Waals surface area contributed by atoms with E-state index in [9.17, 15) is 0 Å². The van der Waals surface area contributed by atoms with Gasteiger partial charge < -0.3 is 10.1 Å². The minimum Gasteiger partial charge on any atom is -0.439 e. The van der Waals surface area contributed by atoms with E-state index in [1.54, 1.807) is 0 Å². The normalized spacial score (nSPS) is 10.4. The molecule has 0 spiro atoms. The summed E-state index contributed by atoms with van der Waals surface area (Å²) in [6.45, 7) is 9.00. The lowest BCUT2D eigenvalue weighted by Gasteiger charge is -2.10. The summed E-state index contributed by atoms with van der Waals surface area (Å²) >= 11 is 0. The number of hydrogen-bond donors (Lipinski definition) is 1. The molecule has 2 rings (SSSR count). The molecule has 0 saturated heterocycles. The molecule has 0 amide bonds. The largest absolute Gasteiger partial charge is 0.439 e. The number of benzene rings is 1. The highest BCUT2D eigenvalue weighted by molar-refractivity contribution is 5.39. The van der Waals surface area contributed by atoms with E-state index in [4.69, 9.17) is 4.74 Å². The molecule has 1 N–H and O–H groups in total. The van der Waals surface area contributed by atoms with Gasteiger partial charge in [-0.2, -0.15) is 4.98 Å². The summed E-state index contributed by atoms with van der Waals surface area (Å²) in [6, 6.07) is 7.95. The highest BCUT2D eigenvalue weighted by atomic mass is 16.5. The van der Waals surface area contributed by atoms with Crippen molar-refractivity contribution >= 4 is 5.95 Å².